The van der Waals surface area contributed by atoms with Crippen molar-refractivity contribution >= 4 is 17.7 Å². The van der Waals surface area contributed by atoms with Gasteiger partial charge in [0.15, 0.2) is 0 Å². The number of anilines is 1. The van der Waals surface area contributed by atoms with Gasteiger partial charge in [-0.3, -0.25) is 4.79 Å². The van der Waals surface area contributed by atoms with Crippen LogP contribution in [0.15, 0.2) is 54.9 Å². The van der Waals surface area contributed by atoms with Gasteiger partial charge in [0.1, 0.15) is 11.9 Å². The average Bonchev–Trinajstić information content (AvgIpc) is 3.21. The molecular formula is C21H24N6O3. The monoisotopic (exact) mass is 408 g/mol. The van der Waals surface area contributed by atoms with Crippen molar-refractivity contribution < 1.29 is 14.3 Å². The number of nitrogens with one attached hydrogen (secondary N) is 1. The Balaban J connectivity index is 1.72. The number of hydrogen-bond acceptors (Lipinski definition) is 6. The largest absolute Gasteiger partial charge is 0.444 e. The van der Waals surface area contributed by atoms with E-state index >= 15 is 0 Å². The van der Waals surface area contributed by atoms with Crippen LogP contribution in [0.4, 0.5) is 10.5 Å². The number of amides is 2. The van der Waals surface area contributed by atoms with Crippen LogP contribution in [0.1, 0.15) is 36.7 Å². The number of benzene rings is 2. The van der Waals surface area contributed by atoms with Gasteiger partial charge in [0.05, 0.1) is 11.3 Å². The summed E-state index contributed by atoms with van der Waals surface area (Å²) in [6, 6.07) is 14.3. The van der Waals surface area contributed by atoms with Gasteiger partial charge in [-0.2, -0.15) is 4.68 Å². The zero-order valence-electron chi connectivity index (χ0n) is 17.4. The molecule has 2 amide bonds. The normalized spacial score (nSPS) is 11.1. The molecule has 30 heavy (non-hydrogen) atoms. The summed E-state index contributed by atoms with van der Waals surface area (Å²) >= 11 is 0. The molecule has 3 aromatic rings. The maximum atomic E-state index is 12.9. The molecule has 1 heterocycles. The van der Waals surface area contributed by atoms with Crippen molar-refractivity contribution in [3.05, 3.63) is 66.0 Å². The lowest BCUT2D eigenvalue weighted by molar-refractivity contribution is 0.0285. The molecule has 1 aromatic heterocycles. The van der Waals surface area contributed by atoms with E-state index in [1.54, 1.807) is 37.4 Å². The summed E-state index contributed by atoms with van der Waals surface area (Å²) in [5.41, 5.74) is 1.91. The fourth-order valence-corrected chi connectivity index (χ4v) is 2.76. The zero-order chi connectivity index (χ0) is 21.7. The second kappa shape index (κ2) is 8.73. The van der Waals surface area contributed by atoms with E-state index in [0.717, 1.165) is 5.56 Å². The van der Waals surface area contributed by atoms with Gasteiger partial charge in [0.25, 0.3) is 5.91 Å². The number of carbonyl (C=O) groups excluding carboxylic acids is 2. The number of ether oxygens (including phenoxy) is 1. The van der Waals surface area contributed by atoms with E-state index in [9.17, 15) is 9.59 Å². The Kier molecular flexibility index (Phi) is 6.10. The highest BCUT2D eigenvalue weighted by atomic mass is 16.6. The second-order valence-electron chi connectivity index (χ2n) is 7.76. The molecule has 0 spiro atoms. The first-order chi connectivity index (χ1) is 14.2. The number of rotatable bonds is 5. The van der Waals surface area contributed by atoms with Crippen molar-refractivity contribution in [2.24, 2.45) is 0 Å². The number of hydrogen-bond donors (Lipinski definition) is 1. The van der Waals surface area contributed by atoms with Crippen LogP contribution in [0.3, 0.4) is 0 Å². The van der Waals surface area contributed by atoms with Crippen LogP contribution in [-0.4, -0.2) is 49.8 Å². The van der Waals surface area contributed by atoms with Gasteiger partial charge in [0.2, 0.25) is 0 Å². The van der Waals surface area contributed by atoms with Gasteiger partial charge >= 0.3 is 6.09 Å². The van der Waals surface area contributed by atoms with E-state index in [0.29, 0.717) is 23.5 Å². The Labute approximate surface area is 174 Å². The van der Waals surface area contributed by atoms with Crippen molar-refractivity contribution in [1.29, 1.82) is 0 Å². The van der Waals surface area contributed by atoms with E-state index < -0.39 is 11.7 Å². The lowest BCUT2D eigenvalue weighted by Gasteiger charge is -2.24. The third-order valence-corrected chi connectivity index (χ3v) is 4.05. The lowest BCUT2D eigenvalue weighted by atomic mass is 10.1. The first kappa shape index (κ1) is 21.0. The van der Waals surface area contributed by atoms with E-state index in [1.165, 1.54) is 15.9 Å². The quantitative estimate of drug-likeness (QED) is 0.695. The van der Waals surface area contributed by atoms with E-state index in [1.807, 2.05) is 39.0 Å². The highest BCUT2D eigenvalue weighted by Crippen LogP contribution is 2.18. The SMILES string of the molecule is CN(Cc1cccc(NC(=O)c2ccccc2-n2cnnn2)c1)C(=O)OC(C)(C)C. The maximum absolute atomic E-state index is 12.9. The summed E-state index contributed by atoms with van der Waals surface area (Å²) in [5.74, 6) is -0.293. The zero-order valence-corrected chi connectivity index (χ0v) is 17.4. The van der Waals surface area contributed by atoms with Gasteiger partial charge in [-0.15, -0.1) is 5.10 Å². The molecule has 0 unspecified atom stereocenters. The van der Waals surface area contributed by atoms with Gasteiger partial charge < -0.3 is 15.0 Å². The van der Waals surface area contributed by atoms with Crippen LogP contribution >= 0.6 is 0 Å². The molecule has 3 rings (SSSR count). The summed E-state index contributed by atoms with van der Waals surface area (Å²) in [7, 11) is 1.67. The summed E-state index contributed by atoms with van der Waals surface area (Å²) in [4.78, 5) is 26.5. The molecule has 0 fully saturated rings. The molecule has 0 radical (unpaired) electrons. The molecule has 0 aliphatic carbocycles. The summed E-state index contributed by atoms with van der Waals surface area (Å²) in [6.07, 6.45) is 1.02. The fourth-order valence-electron chi connectivity index (χ4n) is 2.76. The molecule has 0 aliphatic heterocycles. The summed E-state index contributed by atoms with van der Waals surface area (Å²) in [5, 5.41) is 14.0. The minimum Gasteiger partial charge on any atom is -0.444 e. The van der Waals surface area contributed by atoms with Crippen LogP contribution in [-0.2, 0) is 11.3 Å². The van der Waals surface area contributed by atoms with E-state index in [-0.39, 0.29) is 5.91 Å². The Morgan fingerprint density at radius 1 is 1.13 bits per heavy atom. The third kappa shape index (κ3) is 5.40. The van der Waals surface area contributed by atoms with Crippen LogP contribution in [0.5, 0.6) is 0 Å². The maximum Gasteiger partial charge on any atom is 0.410 e. The summed E-state index contributed by atoms with van der Waals surface area (Å²) in [6.45, 7) is 5.81. The molecule has 0 bridgehead atoms. The molecule has 0 atom stereocenters. The van der Waals surface area contributed by atoms with E-state index in [2.05, 4.69) is 20.8 Å². The van der Waals surface area contributed by atoms with Crippen molar-refractivity contribution in [2.75, 3.05) is 12.4 Å². The van der Waals surface area contributed by atoms with Crippen LogP contribution in [0, 0.1) is 0 Å². The summed E-state index contributed by atoms with van der Waals surface area (Å²) < 4.78 is 6.80. The minimum absolute atomic E-state index is 0.293. The van der Waals surface area contributed by atoms with Crippen LogP contribution in [0.25, 0.3) is 5.69 Å². The Morgan fingerprint density at radius 2 is 1.90 bits per heavy atom. The molecule has 0 saturated carbocycles. The van der Waals surface area contributed by atoms with Crippen molar-refractivity contribution in [2.45, 2.75) is 32.9 Å². The first-order valence-electron chi connectivity index (χ1n) is 9.40. The Morgan fingerprint density at radius 3 is 2.60 bits per heavy atom. The average molecular weight is 408 g/mol. The highest BCUT2D eigenvalue weighted by molar-refractivity contribution is 6.06. The molecule has 2 aromatic carbocycles. The number of carbonyl (C=O) groups is 2. The fraction of sp³-hybridized carbons (Fsp3) is 0.286. The minimum atomic E-state index is -0.561. The topological polar surface area (TPSA) is 102 Å². The van der Waals surface area contributed by atoms with Gasteiger partial charge in [-0.05, 0) is 61.0 Å². The molecule has 9 nitrogen and oxygen atoms in total. The van der Waals surface area contributed by atoms with Gasteiger partial charge in [0, 0.05) is 19.3 Å². The van der Waals surface area contributed by atoms with Crippen molar-refractivity contribution in [1.82, 2.24) is 25.1 Å². The van der Waals surface area contributed by atoms with Crippen LogP contribution in [0.2, 0.25) is 0 Å². The van der Waals surface area contributed by atoms with Gasteiger partial charge in [-0.25, -0.2) is 4.79 Å². The molecule has 156 valence electrons. The van der Waals surface area contributed by atoms with Gasteiger partial charge in [-0.1, -0.05) is 24.3 Å². The predicted octanol–water partition coefficient (Wildman–Crippen LogP) is 3.28. The first-order valence-corrected chi connectivity index (χ1v) is 9.40. The Bertz CT molecular complexity index is 1030. The molecule has 1 N–H and O–H groups in total. The molecule has 0 aliphatic rings. The van der Waals surface area contributed by atoms with E-state index in [4.69, 9.17) is 4.74 Å². The second-order valence-corrected chi connectivity index (χ2v) is 7.76. The number of tetrazole rings is 1. The third-order valence-electron chi connectivity index (χ3n) is 4.05. The smallest absolute Gasteiger partial charge is 0.410 e. The van der Waals surface area contributed by atoms with Crippen molar-refractivity contribution in [3.63, 3.8) is 0 Å². The van der Waals surface area contributed by atoms with Crippen molar-refractivity contribution in [3.8, 4) is 5.69 Å². The predicted molar refractivity (Wildman–Crippen MR) is 111 cm³/mol. The standard InChI is InChI=1S/C21H24N6O3/c1-21(2,3)30-20(29)26(4)13-15-8-7-9-16(12-15)23-19(28)17-10-5-6-11-18(17)27-14-22-24-25-27/h5-12,14H,13H2,1-4H3,(H,23,28). The van der Waals surface area contributed by atoms with Crippen LogP contribution < -0.4 is 5.32 Å². The number of nitrogens with zero attached hydrogens (tertiary/aromatic N) is 5. The number of para-hydroxylation sites is 1. The molecule has 0 saturated heterocycles. The molecular weight excluding hydrogens is 384 g/mol. The molecule has 9 heteroatoms. The lowest BCUT2D eigenvalue weighted by Crippen LogP contribution is -2.33. The highest BCUT2D eigenvalue weighted by Gasteiger charge is 2.20. The Hall–Kier alpha value is -3.75. The number of aromatic nitrogens is 4.